The van der Waals surface area contributed by atoms with Crippen molar-refractivity contribution in [2.45, 2.75) is 255 Å². The van der Waals surface area contributed by atoms with E-state index in [1.807, 2.05) is 58.5 Å². The van der Waals surface area contributed by atoms with Gasteiger partial charge in [0.1, 0.15) is 83.4 Å². The molecule has 0 unspecified atom stereocenters. The summed E-state index contributed by atoms with van der Waals surface area (Å²) in [6.07, 6.45) is 11.6. The molecule has 12 aliphatic rings. The molecule has 12 heterocycles. The molecule has 40 heteroatoms. The molecule has 6 amide bonds. The van der Waals surface area contributed by atoms with Gasteiger partial charge in [-0.05, 0) is 162 Å². The number of aryl methyl sites for hydroxylation is 1. The number of hydrogen-bond donors (Lipinski definition) is 3. The van der Waals surface area contributed by atoms with E-state index in [4.69, 9.17) is 66.8 Å². The van der Waals surface area contributed by atoms with Gasteiger partial charge in [0.2, 0.25) is 35.4 Å². The van der Waals surface area contributed by atoms with Crippen LogP contribution >= 0.6 is 0 Å². The number of amides is 6. The first kappa shape index (κ1) is 102. The first-order valence-corrected chi connectivity index (χ1v) is 45.8. The number of methoxy groups -OCH3 is 3. The van der Waals surface area contributed by atoms with E-state index >= 15 is 17.6 Å². The summed E-state index contributed by atoms with van der Waals surface area (Å²) in [7, 11) is 4.60. The molecule has 6 aromatic rings. The molecule has 9 aliphatic heterocycles. The van der Waals surface area contributed by atoms with Crippen LogP contribution in [0.3, 0.4) is 0 Å². The molecule has 3 aliphatic carbocycles. The van der Waals surface area contributed by atoms with Crippen molar-refractivity contribution in [2.75, 3.05) is 80.6 Å². The van der Waals surface area contributed by atoms with Crippen LogP contribution in [0.1, 0.15) is 178 Å². The fourth-order valence-corrected chi connectivity index (χ4v) is 20.3. The van der Waals surface area contributed by atoms with Crippen LogP contribution in [-0.4, -0.2) is 259 Å². The Balaban J connectivity index is 0.000000208. The smallest absolute Gasteiger partial charge is 0.408 e. The van der Waals surface area contributed by atoms with Gasteiger partial charge in [0.05, 0.1) is 120 Å². The summed E-state index contributed by atoms with van der Waals surface area (Å²) >= 11 is 0. The molecule has 729 valence electrons. The average Bonchev–Trinajstić information content (AvgIpc) is 1.75. The van der Waals surface area contributed by atoms with E-state index in [-0.39, 0.29) is 184 Å². The third kappa shape index (κ3) is 22.1. The Hall–Kier alpha value is -8.94. The third-order valence-electron chi connectivity index (χ3n) is 28.8. The van der Waals surface area contributed by atoms with Crippen molar-refractivity contribution in [3.8, 4) is 34.9 Å². The number of alkyl halides is 4. The number of fused-ring (bicyclic) bond motifs is 15. The number of nitrogens with one attached hydrogen (secondary N) is 3. The molecule has 3 saturated carbocycles. The molecule has 3 radical (unpaired) electrons. The number of carbonyl (C=O) groups is 6. The predicted molar refractivity (Wildman–Crippen MR) is 467 cm³/mol. The molecule has 9 fully saturated rings. The van der Waals surface area contributed by atoms with E-state index < -0.39 is 149 Å². The van der Waals surface area contributed by atoms with Gasteiger partial charge in [0.15, 0.2) is 5.69 Å². The van der Waals surface area contributed by atoms with Crippen LogP contribution in [0.5, 0.6) is 34.9 Å². The largest absolute Gasteiger partial charge is 0.540 e. The van der Waals surface area contributed by atoms with Crippen molar-refractivity contribution in [1.82, 2.24) is 60.6 Å². The van der Waals surface area contributed by atoms with E-state index in [0.29, 0.717) is 103 Å². The van der Waals surface area contributed by atoms with Crippen molar-refractivity contribution in [1.29, 1.82) is 0 Å². The number of carbonyl (C=O) groups excluding carboxylic acids is 9. The number of halogens is 4. The van der Waals surface area contributed by atoms with E-state index in [2.05, 4.69) is 42.2 Å². The Bertz CT molecular complexity index is 5280. The van der Waals surface area contributed by atoms with Crippen molar-refractivity contribution in [2.24, 2.45) is 51.8 Å². The molecule has 3 aromatic carbocycles. The van der Waals surface area contributed by atoms with Gasteiger partial charge in [-0.2, -0.15) is 8.78 Å². The molecular weight excluding hydrogens is 1860 g/mol. The molecule has 6 saturated heterocycles. The molecule has 18 atom stereocenters. The molecule has 3 aromatic heterocycles. The quantitative estimate of drug-likeness (QED) is 0.0687. The monoisotopic (exact) mass is 1980 g/mol. The second kappa shape index (κ2) is 43.0. The van der Waals surface area contributed by atoms with Crippen LogP contribution in [0.2, 0.25) is 0 Å². The zero-order chi connectivity index (χ0) is 92.6. The Labute approximate surface area is 814 Å². The van der Waals surface area contributed by atoms with Crippen LogP contribution in [0.15, 0.2) is 54.6 Å². The SMILES string of the molecule is COc1ccc2nc3c(nc2c1)O[C@H]1CN(C(=O)[C@H](C2(C)COC2)NC(=O)O[C@@H]2CCC[C@H]2CCCCC3(F)F)[C@H]([C-]=O)[C@@H]1C.COc1ccc2nc3c(nc2c1)O[C@H]1CN(C(=O)[C@H](C2(C)COC2)NC(=O)O[C@@H]2CCC[C@H]2CCCCC3)[C@H]([C-]=O)[C@@H]1C.COc1ccc2nc3c(nc2c1)O[C@H]1CN(C(=O)[C@H](C2(C)COC2)NC(=O)O[C@@H]2C[C@H]2CCCC(F)(F)C3)[C@H]([C-]=O)[C@@H]1C.[HH].[HH].[HH].[V].[V].[V]. The van der Waals surface area contributed by atoms with E-state index in [9.17, 15) is 43.2 Å². The minimum Gasteiger partial charge on any atom is -0.540 e. The summed E-state index contributed by atoms with van der Waals surface area (Å²) in [6, 6.07) is 9.42. The fourth-order valence-electron chi connectivity index (χ4n) is 20.3. The second-order valence-corrected chi connectivity index (χ2v) is 38.5. The number of benzene rings is 3. The van der Waals surface area contributed by atoms with Crippen LogP contribution in [0.25, 0.3) is 33.1 Å². The zero-order valence-electron chi connectivity index (χ0n) is 76.5. The summed E-state index contributed by atoms with van der Waals surface area (Å²) in [6.45, 7) is 12.4. The molecule has 6 bridgehead atoms. The number of rotatable bonds is 9. The second-order valence-electron chi connectivity index (χ2n) is 38.5. The molecule has 33 nitrogen and oxygen atoms in total. The van der Waals surface area contributed by atoms with Crippen molar-refractivity contribution in [3.63, 3.8) is 0 Å². The number of aromatic nitrogens is 6. The van der Waals surface area contributed by atoms with E-state index in [1.54, 1.807) is 57.4 Å². The average molecular weight is 1980 g/mol. The van der Waals surface area contributed by atoms with Gasteiger partial charge in [0, 0.05) is 107 Å². The Morgan fingerprint density at radius 3 is 1.17 bits per heavy atom. The normalized spacial score (nSPS) is 31.0. The van der Waals surface area contributed by atoms with E-state index in [1.165, 1.54) is 28.9 Å². The Kier molecular flexibility index (Phi) is 32.9. The summed E-state index contributed by atoms with van der Waals surface area (Å²) in [4.78, 5) is 150. The molecule has 18 rings (SSSR count). The van der Waals surface area contributed by atoms with Gasteiger partial charge < -0.3 is 102 Å². The zero-order valence-corrected chi connectivity index (χ0v) is 80.7. The molecule has 0 spiro atoms. The van der Waals surface area contributed by atoms with Gasteiger partial charge in [0.25, 0.3) is 11.8 Å². The molecule has 3 N–H and O–H groups in total. The van der Waals surface area contributed by atoms with Crippen LogP contribution in [0, 0.1) is 51.8 Å². The van der Waals surface area contributed by atoms with Crippen LogP contribution in [0.4, 0.5) is 31.9 Å². The van der Waals surface area contributed by atoms with Crippen LogP contribution in [-0.2, 0) is 132 Å². The fraction of sp³-hybridized carbons (Fsp3) is 0.649. The summed E-state index contributed by atoms with van der Waals surface area (Å²) in [5.41, 5.74) is 0.840. The maximum absolute atomic E-state index is 16.0. The first-order chi connectivity index (χ1) is 62.8. The number of ether oxygens (including phenoxy) is 12. The standard InChI is InChI=1S/C32H39F2N4O7.C32H41N4O7.C30H35F2N4O7.3V.3H2/c1-18-23(15-39)38-14-25(18)44-28-26(35-21-11-10-20(42-3)13-22(21)36-28)32(33,34)12-5-4-7-19-8-6-9-24(19)45-30(41)37-27(29(38)40)31(2)16-43-17-31;1-19-25(16-37)36-15-27(19)42-29-23(33-22-13-12-21(40-3)14-24(22)34-29)10-6-4-5-8-20-9-7-11-26(20)43-31(39)35-28(30(36)38)32(2)17-41-18-32;1-16-22(13-37)36-12-24(16)42-26-21(33-19-7-6-18(40-3)10-20(19)34-26)11-30(31,32)8-4-5-17-9-23(17)43-28(39)35-25(27(36)38)29(2)14-41-15-29;;;;;;/h10-11,13,18-19,23-25,27H,4-9,12,14,16-17H2,1-3H3,(H,37,41);12-14,19-20,25-28H,4-11,15,17-18H2,1-3H3,(H,35,39);6-7,10,16-17,22-25H,4-5,8-9,11-12,14-15H2,1-3H3,(H,35,39);;;;3*1H/q3*-1;;;;;;/t18-,19+,23+,24+,25-,27+;19-,20+,25+,26+,27-,28+;16-,17+,22+,23+,24-,25+;;;;;;/m000....../s1. The summed E-state index contributed by atoms with van der Waals surface area (Å²) in [5.74, 6) is -7.50. The number of alkyl carbamates (subject to hydrolysis) is 3. The van der Waals surface area contributed by atoms with Gasteiger partial charge in [-0.1, -0.05) is 78.9 Å². The van der Waals surface area contributed by atoms with Crippen molar-refractivity contribution >= 4 is 88.0 Å². The molecular formula is C94H121F4N12O21V3-3. The first-order valence-electron chi connectivity index (χ1n) is 45.8. The topological polar surface area (TPSA) is 388 Å². The maximum atomic E-state index is 16.0. The molecule has 134 heavy (non-hydrogen) atoms. The number of nitrogens with zero attached hydrogens (tertiary/aromatic N) is 9. The van der Waals surface area contributed by atoms with Crippen molar-refractivity contribution < 1.29 is 178 Å². The van der Waals surface area contributed by atoms with Gasteiger partial charge in [-0.25, -0.2) is 71.9 Å². The van der Waals surface area contributed by atoms with Gasteiger partial charge in [-0.3, -0.25) is 14.4 Å². The van der Waals surface area contributed by atoms with Crippen LogP contribution < -0.4 is 44.4 Å². The third-order valence-corrected chi connectivity index (χ3v) is 28.8. The predicted octanol–water partition coefficient (Wildman–Crippen LogP) is 12.0. The Morgan fingerprint density at radius 2 is 0.769 bits per heavy atom. The maximum Gasteiger partial charge on any atom is 0.408 e. The summed E-state index contributed by atoms with van der Waals surface area (Å²) < 4.78 is 131. The van der Waals surface area contributed by atoms with Gasteiger partial charge >= 0.3 is 18.3 Å². The Morgan fingerprint density at radius 1 is 0.403 bits per heavy atom. The van der Waals surface area contributed by atoms with Gasteiger partial charge in [-0.15, -0.1) is 0 Å². The summed E-state index contributed by atoms with van der Waals surface area (Å²) in [5, 5.41) is 8.38. The number of hydrogen-bond acceptors (Lipinski definition) is 27. The minimum atomic E-state index is -3.37. The minimum absolute atomic E-state index is 0. The van der Waals surface area contributed by atoms with E-state index in [0.717, 1.165) is 69.0 Å². The van der Waals surface area contributed by atoms with Crippen molar-refractivity contribution in [3.05, 3.63) is 71.7 Å².